The molecule has 5 heteroatoms. The topological polar surface area (TPSA) is 71.2 Å². The molecule has 0 radical (unpaired) electrons. The van der Waals surface area contributed by atoms with Gasteiger partial charge in [0.25, 0.3) is 0 Å². The smallest absolute Gasteiger partial charge is 0.315 e. The number of aromatic nitrogens is 1. The Morgan fingerprint density at radius 1 is 1.50 bits per heavy atom. The third-order valence-electron chi connectivity index (χ3n) is 1.99. The number of carbonyl (C=O) groups excluding carboxylic acids is 2. The van der Waals surface area contributed by atoms with Gasteiger partial charge in [-0.2, -0.15) is 0 Å². The standard InChI is InChI=1S/C11H16N2O3/c1-2-16-11(15)8-10(14)13-7-5-9-4-3-6-12-9/h3-4,6,12H,2,5,7-8H2,1H3,(H,13,14). The van der Waals surface area contributed by atoms with Crippen molar-refractivity contribution in [3.8, 4) is 0 Å². The predicted molar refractivity (Wildman–Crippen MR) is 58.8 cm³/mol. The van der Waals surface area contributed by atoms with E-state index in [-0.39, 0.29) is 12.3 Å². The summed E-state index contributed by atoms with van der Waals surface area (Å²) in [5.41, 5.74) is 1.05. The van der Waals surface area contributed by atoms with Crippen LogP contribution in [-0.2, 0) is 20.7 Å². The number of esters is 1. The summed E-state index contributed by atoms with van der Waals surface area (Å²) in [5.74, 6) is -0.787. The van der Waals surface area contributed by atoms with E-state index in [0.29, 0.717) is 13.2 Å². The number of hydrogen-bond donors (Lipinski definition) is 2. The van der Waals surface area contributed by atoms with Crippen molar-refractivity contribution in [3.05, 3.63) is 24.0 Å². The molecule has 1 aromatic heterocycles. The molecule has 1 aromatic rings. The summed E-state index contributed by atoms with van der Waals surface area (Å²) < 4.78 is 4.66. The number of amides is 1. The van der Waals surface area contributed by atoms with Gasteiger partial charge in [-0.3, -0.25) is 9.59 Å². The number of aromatic amines is 1. The van der Waals surface area contributed by atoms with Crippen molar-refractivity contribution in [2.45, 2.75) is 19.8 Å². The maximum Gasteiger partial charge on any atom is 0.315 e. The summed E-state index contributed by atoms with van der Waals surface area (Å²) in [4.78, 5) is 25.2. The number of hydrogen-bond acceptors (Lipinski definition) is 3. The highest BCUT2D eigenvalue weighted by Crippen LogP contribution is 1.94. The highest BCUT2D eigenvalue weighted by atomic mass is 16.5. The fourth-order valence-electron chi connectivity index (χ4n) is 1.27. The van der Waals surface area contributed by atoms with Crippen molar-refractivity contribution in [1.29, 1.82) is 0 Å². The maximum absolute atomic E-state index is 11.2. The van der Waals surface area contributed by atoms with Gasteiger partial charge in [0.2, 0.25) is 5.91 Å². The van der Waals surface area contributed by atoms with E-state index in [9.17, 15) is 9.59 Å². The van der Waals surface area contributed by atoms with E-state index in [1.807, 2.05) is 18.3 Å². The van der Waals surface area contributed by atoms with E-state index < -0.39 is 5.97 Å². The van der Waals surface area contributed by atoms with Gasteiger partial charge < -0.3 is 15.0 Å². The Labute approximate surface area is 94.2 Å². The van der Waals surface area contributed by atoms with E-state index >= 15 is 0 Å². The first-order valence-corrected chi connectivity index (χ1v) is 5.27. The first-order valence-electron chi connectivity index (χ1n) is 5.27. The van der Waals surface area contributed by atoms with Gasteiger partial charge in [-0.05, 0) is 19.1 Å². The molecule has 1 heterocycles. The highest BCUT2D eigenvalue weighted by Gasteiger charge is 2.09. The van der Waals surface area contributed by atoms with Crippen LogP contribution in [0, 0.1) is 0 Å². The van der Waals surface area contributed by atoms with Gasteiger partial charge in [0.15, 0.2) is 0 Å². The first kappa shape index (κ1) is 12.3. The van der Waals surface area contributed by atoms with Crippen molar-refractivity contribution in [2.75, 3.05) is 13.2 Å². The van der Waals surface area contributed by atoms with E-state index in [0.717, 1.165) is 12.1 Å². The third kappa shape index (κ3) is 4.63. The molecule has 0 saturated carbocycles. The molecule has 0 saturated heterocycles. The fraction of sp³-hybridized carbons (Fsp3) is 0.455. The van der Waals surface area contributed by atoms with Crippen molar-refractivity contribution >= 4 is 11.9 Å². The van der Waals surface area contributed by atoms with Crippen LogP contribution in [0.4, 0.5) is 0 Å². The van der Waals surface area contributed by atoms with Gasteiger partial charge in [0.05, 0.1) is 6.61 Å². The average molecular weight is 224 g/mol. The summed E-state index contributed by atoms with van der Waals surface area (Å²) >= 11 is 0. The summed E-state index contributed by atoms with van der Waals surface area (Å²) in [6.07, 6.45) is 2.34. The normalized spacial score (nSPS) is 9.81. The minimum Gasteiger partial charge on any atom is -0.466 e. The molecule has 0 aliphatic rings. The molecule has 2 N–H and O–H groups in total. The van der Waals surface area contributed by atoms with Gasteiger partial charge in [-0.25, -0.2) is 0 Å². The lowest BCUT2D eigenvalue weighted by molar-refractivity contribution is -0.145. The Balaban J connectivity index is 2.13. The number of ether oxygens (including phenoxy) is 1. The zero-order chi connectivity index (χ0) is 11.8. The maximum atomic E-state index is 11.2. The monoisotopic (exact) mass is 224 g/mol. The molecule has 5 nitrogen and oxygen atoms in total. The molecular formula is C11H16N2O3. The van der Waals surface area contributed by atoms with Gasteiger partial charge in [0.1, 0.15) is 6.42 Å². The summed E-state index contributed by atoms with van der Waals surface area (Å²) in [7, 11) is 0. The van der Waals surface area contributed by atoms with Gasteiger partial charge in [-0.1, -0.05) is 0 Å². The molecule has 0 spiro atoms. The van der Waals surface area contributed by atoms with Crippen LogP contribution in [0.25, 0.3) is 0 Å². The third-order valence-corrected chi connectivity index (χ3v) is 1.99. The molecule has 88 valence electrons. The van der Waals surface area contributed by atoms with Crippen LogP contribution < -0.4 is 5.32 Å². The lowest BCUT2D eigenvalue weighted by Crippen LogP contribution is -2.28. The van der Waals surface area contributed by atoms with Crippen molar-refractivity contribution in [2.24, 2.45) is 0 Å². The second kappa shape index (κ2) is 6.66. The molecule has 0 aliphatic heterocycles. The second-order valence-corrected chi connectivity index (χ2v) is 3.28. The van der Waals surface area contributed by atoms with Crippen LogP contribution in [0.5, 0.6) is 0 Å². The van der Waals surface area contributed by atoms with Crippen molar-refractivity contribution in [1.82, 2.24) is 10.3 Å². The predicted octanol–water partition coefficient (Wildman–Crippen LogP) is 0.627. The molecule has 16 heavy (non-hydrogen) atoms. The van der Waals surface area contributed by atoms with Crippen LogP contribution in [0.3, 0.4) is 0 Å². The molecule has 0 atom stereocenters. The molecule has 0 unspecified atom stereocenters. The molecule has 0 fully saturated rings. The van der Waals surface area contributed by atoms with E-state index in [4.69, 9.17) is 0 Å². The molecule has 0 aromatic carbocycles. The van der Waals surface area contributed by atoms with Crippen LogP contribution in [0.15, 0.2) is 18.3 Å². The Morgan fingerprint density at radius 2 is 2.31 bits per heavy atom. The lowest BCUT2D eigenvalue weighted by Gasteiger charge is -2.04. The second-order valence-electron chi connectivity index (χ2n) is 3.28. The Kier molecular flexibility index (Phi) is 5.11. The zero-order valence-electron chi connectivity index (χ0n) is 9.29. The number of carbonyl (C=O) groups is 2. The molecule has 0 aliphatic carbocycles. The highest BCUT2D eigenvalue weighted by molar-refractivity contribution is 5.94. The number of H-pyrrole nitrogens is 1. The van der Waals surface area contributed by atoms with Crippen molar-refractivity contribution in [3.63, 3.8) is 0 Å². The van der Waals surface area contributed by atoms with E-state index in [2.05, 4.69) is 15.0 Å². The number of rotatable bonds is 6. The minimum absolute atomic E-state index is 0.210. The SMILES string of the molecule is CCOC(=O)CC(=O)NCCc1ccc[nH]1. The molecular weight excluding hydrogens is 208 g/mol. The van der Waals surface area contributed by atoms with Crippen LogP contribution in [-0.4, -0.2) is 30.0 Å². The quantitative estimate of drug-likeness (QED) is 0.550. The minimum atomic E-state index is -0.486. The van der Waals surface area contributed by atoms with Crippen molar-refractivity contribution < 1.29 is 14.3 Å². The van der Waals surface area contributed by atoms with Crippen LogP contribution in [0.2, 0.25) is 0 Å². The molecule has 1 rings (SSSR count). The summed E-state index contributed by atoms with van der Waals surface area (Å²) in [5, 5.41) is 2.65. The lowest BCUT2D eigenvalue weighted by atomic mass is 10.3. The first-order chi connectivity index (χ1) is 7.72. The van der Waals surface area contributed by atoms with Gasteiger partial charge >= 0.3 is 5.97 Å². The summed E-state index contributed by atoms with van der Waals surface area (Å²) in [6, 6.07) is 3.84. The fourth-order valence-corrected chi connectivity index (χ4v) is 1.27. The molecule has 1 amide bonds. The Hall–Kier alpha value is -1.78. The number of nitrogens with one attached hydrogen (secondary N) is 2. The average Bonchev–Trinajstić information content (AvgIpc) is 2.70. The summed E-state index contributed by atoms with van der Waals surface area (Å²) in [6.45, 7) is 2.52. The van der Waals surface area contributed by atoms with Gasteiger partial charge in [-0.15, -0.1) is 0 Å². The Morgan fingerprint density at radius 3 is 2.94 bits per heavy atom. The molecule has 0 bridgehead atoms. The van der Waals surface area contributed by atoms with Crippen LogP contribution >= 0.6 is 0 Å². The van der Waals surface area contributed by atoms with E-state index in [1.165, 1.54) is 0 Å². The van der Waals surface area contributed by atoms with Crippen LogP contribution in [0.1, 0.15) is 19.0 Å². The van der Waals surface area contributed by atoms with Gasteiger partial charge in [0, 0.05) is 24.9 Å². The largest absolute Gasteiger partial charge is 0.466 e. The van der Waals surface area contributed by atoms with E-state index in [1.54, 1.807) is 6.92 Å². The zero-order valence-corrected chi connectivity index (χ0v) is 9.29. The Bertz CT molecular complexity index is 333.